The van der Waals surface area contributed by atoms with Gasteiger partial charge in [0.1, 0.15) is 5.75 Å². The Kier molecular flexibility index (Phi) is 4.53. The molecule has 0 unspecified atom stereocenters. The smallest absolute Gasteiger partial charge is 0.311 e. The number of hydrogen-bond acceptors (Lipinski definition) is 2. The summed E-state index contributed by atoms with van der Waals surface area (Å²) in [6.07, 6.45) is 2.17. The molecule has 0 aliphatic carbocycles. The molecule has 92 valence electrons. The Labute approximate surface area is 107 Å². The largest absolute Gasteiger partial charge is 0.427 e. The Morgan fingerprint density at radius 2 is 1.50 bits per heavy atom. The predicted molar refractivity (Wildman–Crippen MR) is 71.5 cm³/mol. The second-order valence-corrected chi connectivity index (χ2v) is 4.13. The first kappa shape index (κ1) is 12.4. The maximum absolute atomic E-state index is 11.6. The van der Waals surface area contributed by atoms with E-state index in [0.717, 1.165) is 12.8 Å². The maximum atomic E-state index is 11.6. The van der Waals surface area contributed by atoms with Gasteiger partial charge in [-0.05, 0) is 30.5 Å². The summed E-state index contributed by atoms with van der Waals surface area (Å²) in [4.78, 5) is 11.6. The summed E-state index contributed by atoms with van der Waals surface area (Å²) in [6, 6.07) is 19.3. The van der Waals surface area contributed by atoms with Gasteiger partial charge >= 0.3 is 5.97 Å². The van der Waals surface area contributed by atoms with Gasteiger partial charge in [0.15, 0.2) is 0 Å². The molecule has 0 N–H and O–H groups in total. The maximum Gasteiger partial charge on any atom is 0.311 e. The lowest BCUT2D eigenvalue weighted by atomic mass is 9.95. The van der Waals surface area contributed by atoms with Gasteiger partial charge in [-0.25, -0.2) is 0 Å². The van der Waals surface area contributed by atoms with Crippen molar-refractivity contribution >= 4 is 5.97 Å². The van der Waals surface area contributed by atoms with Crippen LogP contribution in [0.25, 0.3) is 0 Å². The zero-order valence-electron chi connectivity index (χ0n) is 10.2. The van der Waals surface area contributed by atoms with E-state index in [2.05, 4.69) is 12.1 Å². The normalized spacial score (nSPS) is 10.0. The van der Waals surface area contributed by atoms with Crippen LogP contribution in [0, 0.1) is 0 Å². The number of ether oxygens (including phenoxy) is 1. The Balaban J connectivity index is 1.73. The number of esters is 1. The van der Waals surface area contributed by atoms with E-state index in [-0.39, 0.29) is 5.97 Å². The van der Waals surface area contributed by atoms with Crippen LogP contribution >= 0.6 is 0 Å². The molecule has 2 aromatic rings. The van der Waals surface area contributed by atoms with E-state index >= 15 is 0 Å². The fourth-order valence-corrected chi connectivity index (χ4v) is 1.75. The van der Waals surface area contributed by atoms with Gasteiger partial charge in [0, 0.05) is 6.42 Å². The molecule has 0 radical (unpaired) electrons. The third-order valence-corrected chi connectivity index (χ3v) is 2.66. The fraction of sp³-hybridized carbons (Fsp3) is 0.188. The van der Waals surface area contributed by atoms with Crippen LogP contribution in [-0.4, -0.2) is 5.97 Å². The van der Waals surface area contributed by atoms with Crippen LogP contribution in [0.2, 0.25) is 0 Å². The molecule has 0 saturated heterocycles. The van der Waals surface area contributed by atoms with Crippen molar-refractivity contribution in [2.45, 2.75) is 19.3 Å². The standard InChI is InChI=1S/C16H16O2/c17-16(18-15-11-5-2-6-12-15)13-7-10-14-8-3-1-4-9-14/h1-6,8-9,11-12H,7,10,13H2/i16-1. The van der Waals surface area contributed by atoms with E-state index in [1.807, 2.05) is 36.4 Å². The van der Waals surface area contributed by atoms with E-state index in [1.165, 1.54) is 5.56 Å². The molecule has 0 spiro atoms. The minimum Gasteiger partial charge on any atom is -0.427 e. The van der Waals surface area contributed by atoms with Crippen molar-refractivity contribution in [2.75, 3.05) is 0 Å². The topological polar surface area (TPSA) is 26.3 Å². The molecule has 2 nitrogen and oxygen atoms in total. The highest BCUT2D eigenvalue weighted by Gasteiger charge is 2.04. The Bertz CT molecular complexity index is 477. The molecule has 0 heterocycles. The SMILES string of the molecule is O=[11C](CCCc1ccccc1)Oc1ccccc1. The number of benzene rings is 2. The van der Waals surface area contributed by atoms with Gasteiger partial charge < -0.3 is 4.74 Å². The van der Waals surface area contributed by atoms with Gasteiger partial charge in [-0.15, -0.1) is 0 Å². The lowest BCUT2D eigenvalue weighted by Gasteiger charge is -2.04. The minimum atomic E-state index is -0.169. The average molecular weight is 239 g/mol. The Morgan fingerprint density at radius 1 is 0.889 bits per heavy atom. The lowest BCUT2D eigenvalue weighted by molar-refractivity contribution is -0.134. The van der Waals surface area contributed by atoms with E-state index in [1.54, 1.807) is 12.1 Å². The first-order valence-electron chi connectivity index (χ1n) is 6.14. The molecule has 0 amide bonds. The van der Waals surface area contributed by atoms with Crippen LogP contribution in [0.5, 0.6) is 5.75 Å². The summed E-state index contributed by atoms with van der Waals surface area (Å²) < 4.78 is 5.21. The molecule has 0 aromatic heterocycles. The summed E-state index contributed by atoms with van der Waals surface area (Å²) in [5.41, 5.74) is 1.25. The van der Waals surface area contributed by atoms with Crippen molar-refractivity contribution in [3.63, 3.8) is 0 Å². The van der Waals surface area contributed by atoms with Gasteiger partial charge in [0.2, 0.25) is 0 Å². The van der Waals surface area contributed by atoms with E-state index < -0.39 is 0 Å². The molecule has 0 saturated carbocycles. The highest BCUT2D eigenvalue weighted by Crippen LogP contribution is 2.11. The molecular weight excluding hydrogens is 223 g/mol. The summed E-state index contributed by atoms with van der Waals surface area (Å²) in [5.74, 6) is 0.444. The van der Waals surface area contributed by atoms with Crippen LogP contribution in [0.4, 0.5) is 0 Å². The Hall–Kier alpha value is -2.09. The van der Waals surface area contributed by atoms with Crippen molar-refractivity contribution in [2.24, 2.45) is 0 Å². The van der Waals surface area contributed by atoms with Crippen LogP contribution < -0.4 is 4.74 Å². The van der Waals surface area contributed by atoms with Crippen LogP contribution in [0.1, 0.15) is 18.4 Å². The number of carbonyl (C=O) groups is 1. The molecule has 0 aliphatic heterocycles. The van der Waals surface area contributed by atoms with Gasteiger partial charge in [-0.3, -0.25) is 4.79 Å². The van der Waals surface area contributed by atoms with E-state index in [9.17, 15) is 4.79 Å². The number of para-hydroxylation sites is 1. The number of aryl methyl sites for hydroxylation is 1. The van der Waals surface area contributed by atoms with Crippen molar-refractivity contribution in [1.82, 2.24) is 0 Å². The molecule has 2 heteroatoms. The minimum absolute atomic E-state index is 0.169. The first-order valence-corrected chi connectivity index (χ1v) is 6.14. The van der Waals surface area contributed by atoms with Gasteiger partial charge in [-0.1, -0.05) is 48.5 Å². The van der Waals surface area contributed by atoms with Crippen LogP contribution in [0.15, 0.2) is 60.7 Å². The summed E-state index contributed by atoms with van der Waals surface area (Å²) >= 11 is 0. The third kappa shape index (κ3) is 4.06. The van der Waals surface area contributed by atoms with Crippen molar-refractivity contribution in [3.05, 3.63) is 66.2 Å². The zero-order valence-corrected chi connectivity index (χ0v) is 10.2. The number of carbonyl (C=O) groups excluding carboxylic acids is 1. The highest BCUT2D eigenvalue weighted by molar-refractivity contribution is 5.72. The molecule has 18 heavy (non-hydrogen) atoms. The number of rotatable bonds is 5. The lowest BCUT2D eigenvalue weighted by Crippen LogP contribution is -2.07. The number of hydrogen-bond donors (Lipinski definition) is 0. The van der Waals surface area contributed by atoms with Gasteiger partial charge in [0.25, 0.3) is 0 Å². The van der Waals surface area contributed by atoms with Crippen molar-refractivity contribution in [1.29, 1.82) is 0 Å². The molecule has 2 aromatic carbocycles. The quantitative estimate of drug-likeness (QED) is 0.588. The van der Waals surface area contributed by atoms with E-state index in [4.69, 9.17) is 4.74 Å². The third-order valence-electron chi connectivity index (χ3n) is 2.66. The van der Waals surface area contributed by atoms with Crippen molar-refractivity contribution in [3.8, 4) is 5.75 Å². The van der Waals surface area contributed by atoms with Gasteiger partial charge in [0.05, 0.1) is 0 Å². The summed E-state index contributed by atoms with van der Waals surface area (Å²) in [7, 11) is 0. The molecule has 0 aliphatic rings. The van der Waals surface area contributed by atoms with Gasteiger partial charge in [-0.2, -0.15) is 0 Å². The second kappa shape index (κ2) is 6.60. The highest BCUT2D eigenvalue weighted by atomic mass is 16.5. The molecule has 2 rings (SSSR count). The fourth-order valence-electron chi connectivity index (χ4n) is 1.75. The zero-order chi connectivity index (χ0) is 12.6. The molecule has 0 bridgehead atoms. The molecular formula is C16H16O2. The second-order valence-electron chi connectivity index (χ2n) is 4.13. The molecule has 0 atom stereocenters. The predicted octanol–water partition coefficient (Wildman–Crippen LogP) is 3.61. The van der Waals surface area contributed by atoms with Crippen LogP contribution in [-0.2, 0) is 11.2 Å². The van der Waals surface area contributed by atoms with E-state index in [0.29, 0.717) is 12.2 Å². The summed E-state index contributed by atoms with van der Waals surface area (Å²) in [6.45, 7) is 0. The summed E-state index contributed by atoms with van der Waals surface area (Å²) in [5, 5.41) is 0. The molecule has 0 fully saturated rings. The Morgan fingerprint density at radius 3 is 2.17 bits per heavy atom. The van der Waals surface area contributed by atoms with Crippen LogP contribution in [0.3, 0.4) is 0 Å². The van der Waals surface area contributed by atoms with Crippen molar-refractivity contribution < 1.29 is 9.53 Å². The first-order chi connectivity index (χ1) is 8.84. The monoisotopic (exact) mass is 239 g/mol. The average Bonchev–Trinajstić information content (AvgIpc) is 2.41.